The number of thiophene rings is 1. The normalized spacial score (nSPS) is 13.3. The van der Waals surface area contributed by atoms with E-state index in [-0.39, 0.29) is 22.9 Å². The SMILES string of the molecule is O=S(=O)(NCC[C@H](O)c1cccs1)c1ccc(F)c(Cl)c1. The van der Waals surface area contributed by atoms with Crippen LogP contribution in [-0.4, -0.2) is 20.1 Å². The molecule has 1 aromatic heterocycles. The average Bonchev–Trinajstić information content (AvgIpc) is 2.95. The van der Waals surface area contributed by atoms with Gasteiger partial charge in [-0.2, -0.15) is 0 Å². The smallest absolute Gasteiger partial charge is 0.240 e. The van der Waals surface area contributed by atoms with E-state index in [1.807, 2.05) is 11.4 Å². The first-order valence-corrected chi connectivity index (χ1v) is 8.80. The summed E-state index contributed by atoms with van der Waals surface area (Å²) in [5.41, 5.74) is 0. The molecule has 0 fully saturated rings. The molecular formula is C13H13ClFNO3S2. The van der Waals surface area contributed by atoms with Gasteiger partial charge in [0.25, 0.3) is 0 Å². The number of halogens is 2. The van der Waals surface area contributed by atoms with Crippen LogP contribution >= 0.6 is 22.9 Å². The fraction of sp³-hybridized carbons (Fsp3) is 0.231. The third-order valence-electron chi connectivity index (χ3n) is 2.78. The Hall–Kier alpha value is -0.990. The van der Waals surface area contributed by atoms with E-state index in [2.05, 4.69) is 4.72 Å². The molecule has 0 saturated carbocycles. The van der Waals surface area contributed by atoms with Gasteiger partial charge in [0.2, 0.25) is 10.0 Å². The van der Waals surface area contributed by atoms with Crippen molar-refractivity contribution in [2.24, 2.45) is 0 Å². The summed E-state index contributed by atoms with van der Waals surface area (Å²) in [5.74, 6) is -0.677. The molecule has 4 nitrogen and oxygen atoms in total. The number of aliphatic hydroxyl groups is 1. The first kappa shape index (κ1) is 16.4. The highest BCUT2D eigenvalue weighted by Crippen LogP contribution is 2.22. The Morgan fingerprint density at radius 1 is 1.38 bits per heavy atom. The summed E-state index contributed by atoms with van der Waals surface area (Å²) in [5, 5.41) is 11.4. The highest BCUT2D eigenvalue weighted by Gasteiger charge is 2.16. The van der Waals surface area contributed by atoms with Gasteiger partial charge in [-0.25, -0.2) is 17.5 Å². The van der Waals surface area contributed by atoms with Crippen LogP contribution in [0.2, 0.25) is 5.02 Å². The molecule has 21 heavy (non-hydrogen) atoms. The van der Waals surface area contributed by atoms with E-state index < -0.39 is 21.9 Å². The second kappa shape index (κ2) is 6.85. The van der Waals surface area contributed by atoms with E-state index in [1.54, 1.807) is 6.07 Å². The molecule has 0 aliphatic carbocycles. The fourth-order valence-corrected chi connectivity index (χ4v) is 3.75. The van der Waals surface area contributed by atoms with Crippen molar-refractivity contribution in [2.45, 2.75) is 17.4 Å². The number of aliphatic hydroxyl groups excluding tert-OH is 1. The van der Waals surface area contributed by atoms with E-state index in [0.717, 1.165) is 23.1 Å². The molecule has 2 aromatic rings. The predicted octanol–water partition coefficient (Wildman–Crippen LogP) is 2.94. The summed E-state index contributed by atoms with van der Waals surface area (Å²) in [6, 6.07) is 6.78. The molecule has 0 saturated heterocycles. The van der Waals surface area contributed by atoms with Gasteiger partial charge in [0, 0.05) is 11.4 Å². The molecule has 1 heterocycles. The van der Waals surface area contributed by atoms with Gasteiger partial charge in [-0.05, 0) is 36.1 Å². The van der Waals surface area contributed by atoms with Gasteiger partial charge in [0.1, 0.15) is 5.82 Å². The summed E-state index contributed by atoms with van der Waals surface area (Å²) in [6.07, 6.45) is -0.473. The van der Waals surface area contributed by atoms with Crippen LogP contribution in [0.25, 0.3) is 0 Å². The number of rotatable bonds is 6. The zero-order chi connectivity index (χ0) is 15.5. The maximum absolute atomic E-state index is 13.0. The summed E-state index contributed by atoms with van der Waals surface area (Å²) in [7, 11) is -3.77. The topological polar surface area (TPSA) is 66.4 Å². The lowest BCUT2D eigenvalue weighted by Crippen LogP contribution is -2.25. The van der Waals surface area contributed by atoms with E-state index in [9.17, 15) is 17.9 Å². The van der Waals surface area contributed by atoms with Crippen molar-refractivity contribution < 1.29 is 17.9 Å². The number of benzene rings is 1. The second-order valence-electron chi connectivity index (χ2n) is 4.29. The summed E-state index contributed by atoms with van der Waals surface area (Å²) in [4.78, 5) is 0.665. The first-order chi connectivity index (χ1) is 9.90. The monoisotopic (exact) mass is 349 g/mol. The largest absolute Gasteiger partial charge is 0.388 e. The Balaban J connectivity index is 1.96. The van der Waals surface area contributed by atoms with Gasteiger partial charge in [-0.1, -0.05) is 17.7 Å². The molecule has 0 aliphatic heterocycles. The van der Waals surface area contributed by atoms with Crippen molar-refractivity contribution in [1.82, 2.24) is 4.72 Å². The first-order valence-electron chi connectivity index (χ1n) is 6.06. The third-order valence-corrected chi connectivity index (χ3v) is 5.50. The second-order valence-corrected chi connectivity index (χ2v) is 7.45. The predicted molar refractivity (Wildman–Crippen MR) is 80.5 cm³/mol. The lowest BCUT2D eigenvalue weighted by atomic mass is 10.2. The highest BCUT2D eigenvalue weighted by atomic mass is 35.5. The minimum Gasteiger partial charge on any atom is -0.388 e. The summed E-state index contributed by atoms with van der Waals surface area (Å²) >= 11 is 6.97. The minimum absolute atomic E-state index is 0.0659. The Bertz CT molecular complexity index is 704. The van der Waals surface area contributed by atoms with Crippen LogP contribution in [0, 0.1) is 5.82 Å². The average molecular weight is 350 g/mol. The van der Waals surface area contributed by atoms with Crippen LogP contribution in [0.1, 0.15) is 17.4 Å². The molecule has 8 heteroatoms. The van der Waals surface area contributed by atoms with Gasteiger partial charge in [0.05, 0.1) is 16.0 Å². The summed E-state index contributed by atoms with van der Waals surface area (Å²) in [6.45, 7) is 0.0659. The molecule has 1 aromatic carbocycles. The van der Waals surface area contributed by atoms with Crippen molar-refractivity contribution in [3.05, 3.63) is 51.4 Å². The van der Waals surface area contributed by atoms with E-state index in [4.69, 9.17) is 11.6 Å². The minimum atomic E-state index is -3.77. The van der Waals surface area contributed by atoms with Crippen LogP contribution in [0.3, 0.4) is 0 Å². The van der Waals surface area contributed by atoms with Crippen molar-refractivity contribution in [3.8, 4) is 0 Å². The molecule has 0 amide bonds. The Morgan fingerprint density at radius 3 is 2.76 bits per heavy atom. The lowest BCUT2D eigenvalue weighted by Gasteiger charge is -2.10. The van der Waals surface area contributed by atoms with Crippen LogP contribution in [0.5, 0.6) is 0 Å². The van der Waals surface area contributed by atoms with Crippen LogP contribution < -0.4 is 4.72 Å². The molecule has 2 rings (SSSR count). The van der Waals surface area contributed by atoms with E-state index in [0.29, 0.717) is 0 Å². The van der Waals surface area contributed by atoms with Gasteiger partial charge < -0.3 is 5.11 Å². The molecule has 0 unspecified atom stereocenters. The van der Waals surface area contributed by atoms with Gasteiger partial charge in [-0.3, -0.25) is 0 Å². The Morgan fingerprint density at radius 2 is 2.14 bits per heavy atom. The van der Waals surface area contributed by atoms with Crippen molar-refractivity contribution in [3.63, 3.8) is 0 Å². The Kier molecular flexibility index (Phi) is 5.34. The van der Waals surface area contributed by atoms with Crippen molar-refractivity contribution >= 4 is 33.0 Å². The third kappa shape index (κ3) is 4.24. The maximum atomic E-state index is 13.0. The van der Waals surface area contributed by atoms with Crippen LogP contribution in [0.4, 0.5) is 4.39 Å². The van der Waals surface area contributed by atoms with E-state index >= 15 is 0 Å². The van der Waals surface area contributed by atoms with E-state index in [1.165, 1.54) is 11.3 Å². The number of sulfonamides is 1. The van der Waals surface area contributed by atoms with Crippen molar-refractivity contribution in [2.75, 3.05) is 6.54 Å². The number of nitrogens with one attached hydrogen (secondary N) is 1. The highest BCUT2D eigenvalue weighted by molar-refractivity contribution is 7.89. The standard InChI is InChI=1S/C13H13ClFNO3S2/c14-10-8-9(3-4-11(10)15)21(18,19)16-6-5-12(17)13-2-1-7-20-13/h1-4,7-8,12,16-17H,5-6H2/t12-/m0/s1. The molecule has 0 spiro atoms. The van der Waals surface area contributed by atoms with Gasteiger partial charge >= 0.3 is 0 Å². The molecule has 0 aliphatic rings. The zero-order valence-electron chi connectivity index (χ0n) is 10.8. The molecule has 2 N–H and O–H groups in total. The Labute approximate surface area is 131 Å². The van der Waals surface area contributed by atoms with Crippen LogP contribution in [-0.2, 0) is 10.0 Å². The van der Waals surface area contributed by atoms with Gasteiger partial charge in [0.15, 0.2) is 0 Å². The molecule has 0 bridgehead atoms. The van der Waals surface area contributed by atoms with Crippen molar-refractivity contribution in [1.29, 1.82) is 0 Å². The molecular weight excluding hydrogens is 337 g/mol. The maximum Gasteiger partial charge on any atom is 0.240 e. The zero-order valence-corrected chi connectivity index (χ0v) is 13.2. The number of hydrogen-bond donors (Lipinski definition) is 2. The molecule has 114 valence electrons. The summed E-state index contributed by atoms with van der Waals surface area (Å²) < 4.78 is 39.4. The molecule has 1 atom stereocenters. The number of hydrogen-bond acceptors (Lipinski definition) is 4. The quantitative estimate of drug-likeness (QED) is 0.842. The lowest BCUT2D eigenvalue weighted by molar-refractivity contribution is 0.173. The van der Waals surface area contributed by atoms with Gasteiger partial charge in [-0.15, -0.1) is 11.3 Å². The molecule has 0 radical (unpaired) electrons. The van der Waals surface area contributed by atoms with Crippen LogP contribution in [0.15, 0.2) is 40.6 Å². The fourth-order valence-electron chi connectivity index (χ4n) is 1.68.